The summed E-state index contributed by atoms with van der Waals surface area (Å²) in [4.78, 5) is 16.8. The number of nitrogens with one attached hydrogen (secondary N) is 1. The number of aromatic nitrogens is 2. The van der Waals surface area contributed by atoms with Gasteiger partial charge in [0, 0.05) is 18.1 Å². The number of carbonyl (C=O) groups excluding carboxylic acids is 1. The predicted molar refractivity (Wildman–Crippen MR) is 103 cm³/mol. The van der Waals surface area contributed by atoms with Crippen molar-refractivity contribution >= 4 is 33.8 Å². The van der Waals surface area contributed by atoms with Crippen LogP contribution in [0.2, 0.25) is 0 Å². The Morgan fingerprint density at radius 1 is 1.11 bits per heavy atom. The van der Waals surface area contributed by atoms with Gasteiger partial charge in [0.1, 0.15) is 4.88 Å². The average Bonchev–Trinajstić information content (AvgIpc) is 3.31. The number of alkyl halides is 3. The van der Waals surface area contributed by atoms with Crippen LogP contribution < -0.4 is 5.32 Å². The summed E-state index contributed by atoms with van der Waals surface area (Å²) in [7, 11) is 0. The third-order valence-electron chi connectivity index (χ3n) is 4.33. The van der Waals surface area contributed by atoms with Crippen LogP contribution >= 0.6 is 11.3 Å². The molecule has 1 amide bonds. The smallest absolute Gasteiger partial charge is 0.341 e. The van der Waals surface area contributed by atoms with Crippen LogP contribution in [0.25, 0.3) is 10.9 Å². The molecule has 2 aromatic heterocycles. The first-order valence-corrected chi connectivity index (χ1v) is 9.23. The summed E-state index contributed by atoms with van der Waals surface area (Å²) in [5.41, 5.74) is 3.16. The van der Waals surface area contributed by atoms with Gasteiger partial charge >= 0.3 is 6.18 Å². The topological polar surface area (TPSA) is 46.9 Å². The van der Waals surface area contributed by atoms with Crippen molar-refractivity contribution in [2.75, 3.05) is 5.32 Å². The fourth-order valence-electron chi connectivity index (χ4n) is 2.98. The SMILES string of the molecule is O=C(Nc1cn(Cc2ccc(C(F)(F)F)cc2)c2ccccc12)c1cncs1. The minimum atomic E-state index is -4.35. The zero-order valence-corrected chi connectivity index (χ0v) is 15.2. The molecule has 142 valence electrons. The number of amides is 1. The predicted octanol–water partition coefficient (Wildman–Crippen LogP) is 5.42. The number of para-hydroxylation sites is 1. The molecule has 8 heteroatoms. The van der Waals surface area contributed by atoms with Crippen molar-refractivity contribution in [2.45, 2.75) is 12.7 Å². The molecule has 2 aromatic carbocycles. The van der Waals surface area contributed by atoms with Gasteiger partial charge < -0.3 is 9.88 Å². The summed E-state index contributed by atoms with van der Waals surface area (Å²) >= 11 is 1.25. The van der Waals surface area contributed by atoms with Crippen molar-refractivity contribution in [3.05, 3.63) is 82.4 Å². The zero-order valence-electron chi connectivity index (χ0n) is 14.4. The third-order valence-corrected chi connectivity index (χ3v) is 5.10. The lowest BCUT2D eigenvalue weighted by atomic mass is 10.1. The minimum absolute atomic E-state index is 0.250. The lowest BCUT2D eigenvalue weighted by Crippen LogP contribution is -2.09. The van der Waals surface area contributed by atoms with Gasteiger partial charge in [0.15, 0.2) is 0 Å². The summed E-state index contributed by atoms with van der Waals surface area (Å²) in [6, 6.07) is 12.6. The largest absolute Gasteiger partial charge is 0.416 e. The summed E-state index contributed by atoms with van der Waals surface area (Å²) in [5.74, 6) is -0.250. The van der Waals surface area contributed by atoms with E-state index in [1.807, 2.05) is 28.8 Å². The first-order valence-electron chi connectivity index (χ1n) is 8.35. The van der Waals surface area contributed by atoms with E-state index in [0.29, 0.717) is 17.1 Å². The van der Waals surface area contributed by atoms with Crippen LogP contribution in [-0.4, -0.2) is 15.5 Å². The van der Waals surface area contributed by atoms with Crippen molar-refractivity contribution in [1.82, 2.24) is 9.55 Å². The highest BCUT2D eigenvalue weighted by atomic mass is 32.1. The molecule has 0 saturated carbocycles. The molecule has 4 nitrogen and oxygen atoms in total. The number of hydrogen-bond donors (Lipinski definition) is 1. The lowest BCUT2D eigenvalue weighted by molar-refractivity contribution is -0.137. The average molecular weight is 401 g/mol. The van der Waals surface area contributed by atoms with Crippen LogP contribution in [0.3, 0.4) is 0 Å². The molecule has 0 aliphatic rings. The summed E-state index contributed by atoms with van der Waals surface area (Å²) in [5, 5.41) is 3.74. The Morgan fingerprint density at radius 2 is 1.86 bits per heavy atom. The van der Waals surface area contributed by atoms with Gasteiger partial charge in [0.2, 0.25) is 0 Å². The maximum absolute atomic E-state index is 12.7. The molecule has 4 aromatic rings. The van der Waals surface area contributed by atoms with Gasteiger partial charge in [-0.3, -0.25) is 9.78 Å². The maximum atomic E-state index is 12.7. The molecule has 28 heavy (non-hydrogen) atoms. The van der Waals surface area contributed by atoms with Gasteiger partial charge in [-0.2, -0.15) is 13.2 Å². The molecule has 0 atom stereocenters. The highest BCUT2D eigenvalue weighted by Crippen LogP contribution is 2.30. The molecule has 0 saturated heterocycles. The van der Waals surface area contributed by atoms with E-state index in [-0.39, 0.29) is 5.91 Å². The Morgan fingerprint density at radius 3 is 2.54 bits per heavy atom. The molecule has 0 fully saturated rings. The Hall–Kier alpha value is -3.13. The Balaban J connectivity index is 1.63. The molecule has 0 radical (unpaired) electrons. The molecule has 1 N–H and O–H groups in total. The van der Waals surface area contributed by atoms with Crippen LogP contribution in [0.1, 0.15) is 20.8 Å². The van der Waals surface area contributed by atoms with Gasteiger partial charge in [-0.15, -0.1) is 11.3 Å². The molecule has 0 aliphatic heterocycles. The van der Waals surface area contributed by atoms with Crippen molar-refractivity contribution in [3.8, 4) is 0 Å². The van der Waals surface area contributed by atoms with Crippen molar-refractivity contribution < 1.29 is 18.0 Å². The third kappa shape index (κ3) is 3.63. The van der Waals surface area contributed by atoms with Gasteiger partial charge in [-0.05, 0) is 23.8 Å². The maximum Gasteiger partial charge on any atom is 0.416 e. The number of rotatable bonds is 4. The van der Waals surface area contributed by atoms with E-state index in [1.165, 1.54) is 29.7 Å². The van der Waals surface area contributed by atoms with Crippen LogP contribution in [0.4, 0.5) is 18.9 Å². The number of carbonyl (C=O) groups is 1. The summed E-state index contributed by atoms with van der Waals surface area (Å²) in [6.07, 6.45) is -1.06. The number of thiazole rings is 1. The first-order chi connectivity index (χ1) is 13.4. The second kappa shape index (κ2) is 7.12. The second-order valence-corrected chi connectivity index (χ2v) is 7.09. The number of fused-ring (bicyclic) bond motifs is 1. The van der Waals surface area contributed by atoms with E-state index < -0.39 is 11.7 Å². The zero-order chi connectivity index (χ0) is 19.7. The first kappa shape index (κ1) is 18.2. The lowest BCUT2D eigenvalue weighted by Gasteiger charge is -2.09. The van der Waals surface area contributed by atoms with E-state index in [1.54, 1.807) is 11.7 Å². The van der Waals surface area contributed by atoms with Crippen molar-refractivity contribution in [1.29, 1.82) is 0 Å². The number of anilines is 1. The Labute approximate surface area is 162 Å². The quantitative estimate of drug-likeness (QED) is 0.497. The van der Waals surface area contributed by atoms with Crippen LogP contribution in [0, 0.1) is 0 Å². The molecular weight excluding hydrogens is 387 g/mol. The van der Waals surface area contributed by atoms with E-state index in [0.717, 1.165) is 28.6 Å². The Bertz CT molecular complexity index is 1120. The fourth-order valence-corrected chi connectivity index (χ4v) is 3.50. The number of benzene rings is 2. The van der Waals surface area contributed by atoms with E-state index in [2.05, 4.69) is 10.3 Å². The van der Waals surface area contributed by atoms with E-state index in [9.17, 15) is 18.0 Å². The van der Waals surface area contributed by atoms with Crippen LogP contribution in [0.15, 0.2) is 66.4 Å². The molecule has 0 bridgehead atoms. The Kier molecular flexibility index (Phi) is 4.64. The minimum Gasteiger partial charge on any atom is -0.341 e. The van der Waals surface area contributed by atoms with E-state index >= 15 is 0 Å². The number of hydrogen-bond acceptors (Lipinski definition) is 3. The summed E-state index contributed by atoms with van der Waals surface area (Å²) in [6.45, 7) is 0.384. The fraction of sp³-hybridized carbons (Fsp3) is 0.100. The standard InChI is InChI=1S/C20H14F3N3OS/c21-20(22,23)14-7-5-13(6-8-14)10-26-11-16(15-3-1-2-4-17(15)26)25-19(27)18-9-24-12-28-18/h1-9,11-12H,10H2,(H,25,27). The van der Waals surface area contributed by atoms with Crippen LogP contribution in [0.5, 0.6) is 0 Å². The number of nitrogens with zero attached hydrogens (tertiary/aromatic N) is 2. The molecule has 0 aliphatic carbocycles. The normalized spacial score (nSPS) is 11.7. The van der Waals surface area contributed by atoms with E-state index in [4.69, 9.17) is 0 Å². The number of halogens is 3. The van der Waals surface area contributed by atoms with Gasteiger partial charge in [-0.25, -0.2) is 0 Å². The molecular formula is C20H14F3N3OS. The molecule has 0 spiro atoms. The van der Waals surface area contributed by atoms with Gasteiger partial charge in [0.05, 0.1) is 28.5 Å². The van der Waals surface area contributed by atoms with Crippen molar-refractivity contribution in [2.24, 2.45) is 0 Å². The molecule has 0 unspecified atom stereocenters. The van der Waals surface area contributed by atoms with Gasteiger partial charge in [-0.1, -0.05) is 30.3 Å². The highest BCUT2D eigenvalue weighted by Gasteiger charge is 2.29. The highest BCUT2D eigenvalue weighted by molar-refractivity contribution is 7.11. The molecule has 4 rings (SSSR count). The summed E-state index contributed by atoms with van der Waals surface area (Å²) < 4.78 is 40.1. The monoisotopic (exact) mass is 401 g/mol. The van der Waals surface area contributed by atoms with Crippen LogP contribution in [-0.2, 0) is 12.7 Å². The van der Waals surface area contributed by atoms with Crippen molar-refractivity contribution in [3.63, 3.8) is 0 Å². The second-order valence-electron chi connectivity index (χ2n) is 6.20. The van der Waals surface area contributed by atoms with Gasteiger partial charge in [0.25, 0.3) is 5.91 Å². The molecule has 2 heterocycles.